The SMILES string of the molecule is CCOc1ccccc1/C=C/C(=O)c1ccc(NC(=O)/C(=C/c2c(F)cccc2Cl)NC(=O)c2ccccc2)cc1. The van der Waals surface area contributed by atoms with Gasteiger partial charge in [-0.2, -0.15) is 0 Å². The minimum absolute atomic E-state index is 0.0497. The molecule has 0 aliphatic rings. The normalized spacial score (nSPS) is 11.2. The van der Waals surface area contributed by atoms with Gasteiger partial charge >= 0.3 is 0 Å². The summed E-state index contributed by atoms with van der Waals surface area (Å²) in [4.78, 5) is 38.8. The van der Waals surface area contributed by atoms with Gasteiger partial charge in [-0.15, -0.1) is 0 Å². The summed E-state index contributed by atoms with van der Waals surface area (Å²) in [5.41, 5.74) is 1.58. The van der Waals surface area contributed by atoms with Crippen molar-refractivity contribution in [3.63, 3.8) is 0 Å². The molecule has 4 aromatic carbocycles. The molecule has 41 heavy (non-hydrogen) atoms. The number of carbonyl (C=O) groups excluding carboxylic acids is 3. The number of hydrogen-bond donors (Lipinski definition) is 2. The summed E-state index contributed by atoms with van der Waals surface area (Å²) in [5.74, 6) is -1.48. The van der Waals surface area contributed by atoms with Gasteiger partial charge < -0.3 is 15.4 Å². The van der Waals surface area contributed by atoms with Gasteiger partial charge in [-0.05, 0) is 79.7 Å². The first-order chi connectivity index (χ1) is 19.9. The molecule has 4 rings (SSSR count). The number of carbonyl (C=O) groups is 3. The van der Waals surface area contributed by atoms with E-state index in [1.54, 1.807) is 60.7 Å². The third-order valence-corrected chi connectivity index (χ3v) is 6.21. The van der Waals surface area contributed by atoms with Crippen LogP contribution in [0.4, 0.5) is 10.1 Å². The van der Waals surface area contributed by atoms with Crippen LogP contribution in [0.25, 0.3) is 12.2 Å². The van der Waals surface area contributed by atoms with Crippen molar-refractivity contribution in [2.45, 2.75) is 6.92 Å². The van der Waals surface area contributed by atoms with Gasteiger partial charge in [0.1, 0.15) is 17.3 Å². The molecule has 2 amide bonds. The molecule has 0 fully saturated rings. The molecule has 0 atom stereocenters. The molecule has 0 saturated carbocycles. The van der Waals surface area contributed by atoms with Crippen LogP contribution in [0.15, 0.2) is 109 Å². The quantitative estimate of drug-likeness (QED) is 0.157. The molecule has 0 aromatic heterocycles. The highest BCUT2D eigenvalue weighted by Crippen LogP contribution is 2.23. The Bertz CT molecular complexity index is 1600. The zero-order chi connectivity index (χ0) is 29.2. The van der Waals surface area contributed by atoms with E-state index in [0.29, 0.717) is 29.2 Å². The zero-order valence-electron chi connectivity index (χ0n) is 22.1. The van der Waals surface area contributed by atoms with E-state index in [1.807, 2.05) is 31.2 Å². The molecule has 0 radical (unpaired) electrons. The summed E-state index contributed by atoms with van der Waals surface area (Å²) in [6, 6.07) is 26.0. The average Bonchev–Trinajstić information content (AvgIpc) is 2.98. The van der Waals surface area contributed by atoms with E-state index in [0.717, 1.165) is 5.56 Å². The molecule has 0 aliphatic carbocycles. The smallest absolute Gasteiger partial charge is 0.272 e. The first-order valence-electron chi connectivity index (χ1n) is 12.7. The molecule has 0 spiro atoms. The number of amides is 2. The first-order valence-corrected chi connectivity index (χ1v) is 13.1. The average molecular weight is 569 g/mol. The Hall–Kier alpha value is -5.01. The number of benzene rings is 4. The van der Waals surface area contributed by atoms with Gasteiger partial charge in [-0.25, -0.2) is 4.39 Å². The molecule has 0 aliphatic heterocycles. The minimum Gasteiger partial charge on any atom is -0.493 e. The monoisotopic (exact) mass is 568 g/mol. The maximum absolute atomic E-state index is 14.5. The van der Waals surface area contributed by atoms with Gasteiger partial charge in [0, 0.05) is 27.9 Å². The topological polar surface area (TPSA) is 84.5 Å². The molecule has 6 nitrogen and oxygen atoms in total. The van der Waals surface area contributed by atoms with Crippen molar-refractivity contribution in [3.8, 4) is 5.75 Å². The van der Waals surface area contributed by atoms with Crippen LogP contribution in [0.5, 0.6) is 5.75 Å². The second-order valence-electron chi connectivity index (χ2n) is 8.71. The molecule has 4 aromatic rings. The van der Waals surface area contributed by atoms with E-state index < -0.39 is 17.6 Å². The number of ketones is 1. The molecular formula is C33H26ClFN2O4. The second kappa shape index (κ2) is 13.9. The van der Waals surface area contributed by atoms with Crippen molar-refractivity contribution < 1.29 is 23.5 Å². The van der Waals surface area contributed by atoms with Crippen LogP contribution < -0.4 is 15.4 Å². The van der Waals surface area contributed by atoms with Crippen LogP contribution in [0.2, 0.25) is 5.02 Å². The molecule has 0 saturated heterocycles. The fourth-order valence-electron chi connectivity index (χ4n) is 3.82. The van der Waals surface area contributed by atoms with E-state index in [-0.39, 0.29) is 22.1 Å². The lowest BCUT2D eigenvalue weighted by molar-refractivity contribution is -0.113. The van der Waals surface area contributed by atoms with Gasteiger partial charge in [-0.1, -0.05) is 54.1 Å². The maximum Gasteiger partial charge on any atom is 0.272 e. The molecule has 8 heteroatoms. The number of ether oxygens (including phenoxy) is 1. The minimum atomic E-state index is -0.708. The van der Waals surface area contributed by atoms with E-state index >= 15 is 0 Å². The van der Waals surface area contributed by atoms with Crippen molar-refractivity contribution >= 4 is 47.0 Å². The van der Waals surface area contributed by atoms with Crippen molar-refractivity contribution in [2.75, 3.05) is 11.9 Å². The van der Waals surface area contributed by atoms with Gasteiger partial charge in [0.15, 0.2) is 5.78 Å². The van der Waals surface area contributed by atoms with Gasteiger partial charge in [0.2, 0.25) is 0 Å². The number of hydrogen-bond acceptors (Lipinski definition) is 4. The maximum atomic E-state index is 14.5. The lowest BCUT2D eigenvalue weighted by Gasteiger charge is -2.12. The fourth-order valence-corrected chi connectivity index (χ4v) is 4.04. The molecule has 0 heterocycles. The van der Waals surface area contributed by atoms with Crippen LogP contribution in [0, 0.1) is 5.82 Å². The fraction of sp³-hybridized carbons (Fsp3) is 0.0606. The largest absolute Gasteiger partial charge is 0.493 e. The predicted octanol–water partition coefficient (Wildman–Crippen LogP) is 7.18. The van der Waals surface area contributed by atoms with Crippen LogP contribution in [0.1, 0.15) is 38.8 Å². The third-order valence-electron chi connectivity index (χ3n) is 5.88. The van der Waals surface area contributed by atoms with Gasteiger partial charge in [0.25, 0.3) is 11.8 Å². The summed E-state index contributed by atoms with van der Waals surface area (Å²) in [6.07, 6.45) is 4.31. The number of rotatable bonds is 10. The zero-order valence-corrected chi connectivity index (χ0v) is 22.8. The van der Waals surface area contributed by atoms with Crippen LogP contribution in [0.3, 0.4) is 0 Å². The van der Waals surface area contributed by atoms with E-state index in [1.165, 1.54) is 30.4 Å². The second-order valence-corrected chi connectivity index (χ2v) is 9.12. The molecular weight excluding hydrogens is 543 g/mol. The number of anilines is 1. The highest BCUT2D eigenvalue weighted by molar-refractivity contribution is 6.32. The van der Waals surface area contributed by atoms with Gasteiger partial charge in [0.05, 0.1) is 11.6 Å². The number of para-hydroxylation sites is 1. The Morgan fingerprint density at radius 3 is 2.27 bits per heavy atom. The molecule has 0 bridgehead atoms. The lowest BCUT2D eigenvalue weighted by Crippen LogP contribution is -2.30. The van der Waals surface area contributed by atoms with Crippen LogP contribution in [-0.2, 0) is 4.79 Å². The number of nitrogens with one attached hydrogen (secondary N) is 2. The Kier molecular flexibility index (Phi) is 9.80. The van der Waals surface area contributed by atoms with E-state index in [4.69, 9.17) is 16.3 Å². The summed E-state index contributed by atoms with van der Waals surface area (Å²) in [6.45, 7) is 2.39. The summed E-state index contributed by atoms with van der Waals surface area (Å²) in [5, 5.41) is 5.29. The highest BCUT2D eigenvalue weighted by atomic mass is 35.5. The molecule has 0 unspecified atom stereocenters. The highest BCUT2D eigenvalue weighted by Gasteiger charge is 2.17. The van der Waals surface area contributed by atoms with Crippen LogP contribution in [-0.4, -0.2) is 24.2 Å². The standard InChI is InChI=1S/C33H26ClFN2O4/c1-2-41-31-14-7-6-9-23(31)17-20-30(38)22-15-18-25(19-16-22)36-33(40)29(21-26-27(34)12-8-13-28(26)35)37-32(39)24-10-4-3-5-11-24/h3-21H,2H2,1H3,(H,36,40)(H,37,39)/b20-17+,29-21-. The summed E-state index contributed by atoms with van der Waals surface area (Å²) < 4.78 is 20.1. The Morgan fingerprint density at radius 1 is 0.854 bits per heavy atom. The molecule has 2 N–H and O–H groups in total. The van der Waals surface area contributed by atoms with E-state index in [9.17, 15) is 18.8 Å². The Balaban J connectivity index is 1.52. The van der Waals surface area contributed by atoms with Gasteiger partial charge in [-0.3, -0.25) is 14.4 Å². The Morgan fingerprint density at radius 2 is 1.56 bits per heavy atom. The van der Waals surface area contributed by atoms with Crippen LogP contribution >= 0.6 is 11.6 Å². The molecule has 206 valence electrons. The van der Waals surface area contributed by atoms with Crippen molar-refractivity contribution in [1.29, 1.82) is 0 Å². The van der Waals surface area contributed by atoms with Crippen molar-refractivity contribution in [2.24, 2.45) is 0 Å². The predicted molar refractivity (Wildman–Crippen MR) is 159 cm³/mol. The number of allylic oxidation sites excluding steroid dienone is 1. The third kappa shape index (κ3) is 7.77. The Labute approximate surface area is 242 Å². The van der Waals surface area contributed by atoms with E-state index in [2.05, 4.69) is 10.6 Å². The van der Waals surface area contributed by atoms with Crippen molar-refractivity contribution in [1.82, 2.24) is 5.32 Å². The summed E-state index contributed by atoms with van der Waals surface area (Å²) in [7, 11) is 0. The summed E-state index contributed by atoms with van der Waals surface area (Å²) >= 11 is 6.15. The number of halogens is 2. The lowest BCUT2D eigenvalue weighted by atomic mass is 10.1. The first kappa shape index (κ1) is 29.0. The van der Waals surface area contributed by atoms with Crippen molar-refractivity contribution in [3.05, 3.63) is 142 Å².